The van der Waals surface area contributed by atoms with Crippen LogP contribution in [0.2, 0.25) is 0 Å². The highest BCUT2D eigenvalue weighted by molar-refractivity contribution is 6.00. The standard InChI is InChI=1S/C17H23NO6/c1-4-17(15(19)23-5-2,16(20)24-6-3)12-11-13-9-7-8-10-14(13)18(21)22/h7-10H,4-6,11-12H2,1-3H3. The molecule has 0 saturated heterocycles. The lowest BCUT2D eigenvalue weighted by molar-refractivity contribution is -0.385. The molecule has 0 aliphatic rings. The zero-order valence-corrected chi connectivity index (χ0v) is 14.2. The van der Waals surface area contributed by atoms with Crippen LogP contribution in [0.1, 0.15) is 39.2 Å². The molecule has 0 aliphatic heterocycles. The molecular formula is C17H23NO6. The molecule has 7 nitrogen and oxygen atoms in total. The second-order valence-electron chi connectivity index (χ2n) is 5.26. The average molecular weight is 337 g/mol. The number of benzene rings is 1. The van der Waals surface area contributed by atoms with Crippen molar-refractivity contribution in [3.8, 4) is 0 Å². The fourth-order valence-corrected chi connectivity index (χ4v) is 2.54. The minimum atomic E-state index is -1.45. The van der Waals surface area contributed by atoms with Crippen molar-refractivity contribution < 1.29 is 24.0 Å². The first-order valence-corrected chi connectivity index (χ1v) is 7.99. The Balaban J connectivity index is 3.11. The third-order valence-corrected chi connectivity index (χ3v) is 3.95. The van der Waals surface area contributed by atoms with E-state index in [9.17, 15) is 19.7 Å². The van der Waals surface area contributed by atoms with Crippen molar-refractivity contribution in [3.63, 3.8) is 0 Å². The van der Waals surface area contributed by atoms with Gasteiger partial charge in [-0.25, -0.2) is 0 Å². The maximum Gasteiger partial charge on any atom is 0.323 e. The zero-order chi connectivity index (χ0) is 18.2. The first-order chi connectivity index (χ1) is 11.4. The van der Waals surface area contributed by atoms with Gasteiger partial charge in [-0.15, -0.1) is 0 Å². The summed E-state index contributed by atoms with van der Waals surface area (Å²) in [6.45, 7) is 5.31. The molecule has 1 aromatic carbocycles. The van der Waals surface area contributed by atoms with E-state index in [0.717, 1.165) is 0 Å². The van der Waals surface area contributed by atoms with Crippen molar-refractivity contribution in [1.82, 2.24) is 0 Å². The lowest BCUT2D eigenvalue weighted by Gasteiger charge is -2.27. The highest BCUT2D eigenvalue weighted by atomic mass is 16.6. The Morgan fingerprint density at radius 3 is 2.08 bits per heavy atom. The molecule has 7 heteroatoms. The normalized spacial score (nSPS) is 11.0. The SMILES string of the molecule is CCOC(=O)C(CC)(CCc1ccccc1[N+](=O)[O-])C(=O)OCC. The molecule has 0 bridgehead atoms. The molecule has 1 rings (SSSR count). The van der Waals surface area contributed by atoms with Crippen molar-refractivity contribution in [2.75, 3.05) is 13.2 Å². The molecular weight excluding hydrogens is 314 g/mol. The molecule has 0 aromatic heterocycles. The molecule has 0 atom stereocenters. The summed E-state index contributed by atoms with van der Waals surface area (Å²) in [5.41, 5.74) is -1.01. The van der Waals surface area contributed by atoms with Gasteiger partial charge in [0.2, 0.25) is 0 Å². The van der Waals surface area contributed by atoms with Gasteiger partial charge < -0.3 is 9.47 Å². The number of esters is 2. The van der Waals surface area contributed by atoms with Crippen LogP contribution in [-0.2, 0) is 25.5 Å². The number of rotatable bonds is 9. The van der Waals surface area contributed by atoms with Crippen LogP contribution >= 0.6 is 0 Å². The van der Waals surface area contributed by atoms with E-state index in [2.05, 4.69) is 0 Å². The van der Waals surface area contributed by atoms with E-state index in [1.807, 2.05) is 0 Å². The number of hydrogen-bond donors (Lipinski definition) is 0. The van der Waals surface area contributed by atoms with Gasteiger partial charge in [-0.05, 0) is 33.1 Å². The Morgan fingerprint density at radius 2 is 1.62 bits per heavy atom. The number of aryl methyl sites for hydroxylation is 1. The number of hydrogen-bond acceptors (Lipinski definition) is 6. The Hall–Kier alpha value is -2.44. The summed E-state index contributed by atoms with van der Waals surface area (Å²) in [6, 6.07) is 6.28. The number of carbonyl (C=O) groups is 2. The van der Waals surface area contributed by atoms with E-state index in [1.165, 1.54) is 6.07 Å². The summed E-state index contributed by atoms with van der Waals surface area (Å²) < 4.78 is 10.1. The molecule has 0 N–H and O–H groups in total. The molecule has 0 amide bonds. The van der Waals surface area contributed by atoms with Gasteiger partial charge in [0.1, 0.15) is 0 Å². The second-order valence-corrected chi connectivity index (χ2v) is 5.26. The van der Waals surface area contributed by atoms with Crippen LogP contribution in [-0.4, -0.2) is 30.1 Å². The monoisotopic (exact) mass is 337 g/mol. The second kappa shape index (κ2) is 9.00. The number of nitro groups is 1. The van der Waals surface area contributed by atoms with Crippen LogP contribution in [0.4, 0.5) is 5.69 Å². The molecule has 0 saturated carbocycles. The lowest BCUT2D eigenvalue weighted by Crippen LogP contribution is -2.42. The van der Waals surface area contributed by atoms with Crippen molar-refractivity contribution >= 4 is 17.6 Å². The fourth-order valence-electron chi connectivity index (χ4n) is 2.54. The first-order valence-electron chi connectivity index (χ1n) is 7.99. The molecule has 0 radical (unpaired) electrons. The van der Waals surface area contributed by atoms with Crippen LogP contribution in [0.15, 0.2) is 24.3 Å². The van der Waals surface area contributed by atoms with E-state index in [0.29, 0.717) is 5.56 Å². The third kappa shape index (κ3) is 4.31. The van der Waals surface area contributed by atoms with E-state index < -0.39 is 22.3 Å². The van der Waals surface area contributed by atoms with E-state index in [-0.39, 0.29) is 38.2 Å². The van der Waals surface area contributed by atoms with Gasteiger partial charge in [0.15, 0.2) is 5.41 Å². The number of para-hydroxylation sites is 1. The van der Waals surface area contributed by atoms with Crippen LogP contribution in [0.3, 0.4) is 0 Å². The van der Waals surface area contributed by atoms with Gasteiger partial charge in [0.25, 0.3) is 5.69 Å². The number of nitrogens with zero attached hydrogens (tertiary/aromatic N) is 1. The summed E-state index contributed by atoms with van der Waals surface area (Å²) in [7, 11) is 0. The maximum absolute atomic E-state index is 12.4. The predicted octanol–water partition coefficient (Wildman–Crippen LogP) is 3.05. The Morgan fingerprint density at radius 1 is 1.08 bits per heavy atom. The van der Waals surface area contributed by atoms with Gasteiger partial charge in [0, 0.05) is 11.6 Å². The molecule has 24 heavy (non-hydrogen) atoms. The first kappa shape index (κ1) is 19.6. The largest absolute Gasteiger partial charge is 0.465 e. The fraction of sp³-hybridized carbons (Fsp3) is 0.529. The van der Waals surface area contributed by atoms with E-state index in [4.69, 9.17) is 9.47 Å². The number of nitro benzene ring substituents is 1. The molecule has 1 aromatic rings. The Kier molecular flexibility index (Phi) is 7.35. The average Bonchev–Trinajstić information content (AvgIpc) is 2.56. The Bertz CT molecular complexity index is 580. The Labute approximate surface area is 141 Å². The minimum absolute atomic E-state index is 0.0322. The summed E-state index contributed by atoms with van der Waals surface area (Å²) in [4.78, 5) is 35.4. The molecule has 132 valence electrons. The van der Waals surface area contributed by atoms with E-state index >= 15 is 0 Å². The van der Waals surface area contributed by atoms with Crippen molar-refractivity contribution in [1.29, 1.82) is 0 Å². The molecule has 0 fully saturated rings. The molecule has 0 aliphatic carbocycles. The zero-order valence-electron chi connectivity index (χ0n) is 14.2. The minimum Gasteiger partial charge on any atom is -0.465 e. The summed E-state index contributed by atoms with van der Waals surface area (Å²) in [5, 5.41) is 11.1. The van der Waals surface area contributed by atoms with Crippen molar-refractivity contribution in [3.05, 3.63) is 39.9 Å². The highest BCUT2D eigenvalue weighted by Crippen LogP contribution is 2.33. The quantitative estimate of drug-likeness (QED) is 0.297. The van der Waals surface area contributed by atoms with Gasteiger partial charge in [-0.3, -0.25) is 19.7 Å². The highest BCUT2D eigenvalue weighted by Gasteiger charge is 2.47. The summed E-state index contributed by atoms with van der Waals surface area (Å²) in [6.07, 6.45) is 0.486. The third-order valence-electron chi connectivity index (χ3n) is 3.95. The summed E-state index contributed by atoms with van der Waals surface area (Å²) in [5.74, 6) is -1.30. The van der Waals surface area contributed by atoms with Crippen LogP contribution in [0.5, 0.6) is 0 Å². The smallest absolute Gasteiger partial charge is 0.323 e. The van der Waals surface area contributed by atoms with Crippen LogP contribution in [0, 0.1) is 15.5 Å². The summed E-state index contributed by atoms with van der Waals surface area (Å²) >= 11 is 0. The lowest BCUT2D eigenvalue weighted by atomic mass is 9.79. The van der Waals surface area contributed by atoms with E-state index in [1.54, 1.807) is 39.0 Å². The predicted molar refractivity (Wildman–Crippen MR) is 87.4 cm³/mol. The van der Waals surface area contributed by atoms with Crippen LogP contribution in [0.25, 0.3) is 0 Å². The maximum atomic E-state index is 12.4. The molecule has 0 heterocycles. The van der Waals surface area contributed by atoms with Gasteiger partial charge >= 0.3 is 11.9 Å². The number of carbonyl (C=O) groups excluding carboxylic acids is 2. The number of ether oxygens (including phenoxy) is 2. The molecule has 0 spiro atoms. The van der Waals surface area contributed by atoms with Gasteiger partial charge in [0.05, 0.1) is 18.1 Å². The van der Waals surface area contributed by atoms with Crippen molar-refractivity contribution in [2.45, 2.75) is 40.0 Å². The van der Waals surface area contributed by atoms with Crippen LogP contribution < -0.4 is 0 Å². The van der Waals surface area contributed by atoms with Gasteiger partial charge in [-0.1, -0.05) is 25.1 Å². The topological polar surface area (TPSA) is 95.7 Å². The molecule has 0 unspecified atom stereocenters. The van der Waals surface area contributed by atoms with Gasteiger partial charge in [-0.2, -0.15) is 0 Å². The van der Waals surface area contributed by atoms with Crippen molar-refractivity contribution in [2.24, 2.45) is 5.41 Å².